The maximum atomic E-state index is 8.34. The third kappa shape index (κ3) is 6.23. The van der Waals surface area contributed by atoms with Crippen LogP contribution in [0.15, 0.2) is 19.3 Å². The summed E-state index contributed by atoms with van der Waals surface area (Å²) >= 11 is 1.25. The minimum atomic E-state index is -1.21. The van der Waals surface area contributed by atoms with Crippen LogP contribution < -0.4 is 5.73 Å². The molecule has 5 heteroatoms. The van der Waals surface area contributed by atoms with E-state index in [1.54, 1.807) is 1.09 Å². The van der Waals surface area contributed by atoms with Crippen molar-refractivity contribution in [3.05, 3.63) is 19.3 Å². The zero-order valence-corrected chi connectivity index (χ0v) is 11.1. The van der Waals surface area contributed by atoms with Gasteiger partial charge in [-0.25, -0.2) is 0 Å². The van der Waals surface area contributed by atoms with Crippen molar-refractivity contribution in [2.24, 2.45) is 5.73 Å². The zero-order chi connectivity index (χ0) is 11.0. The van der Waals surface area contributed by atoms with E-state index in [4.69, 9.17) is 21.1 Å². The van der Waals surface area contributed by atoms with Crippen LogP contribution in [0.4, 0.5) is 0 Å². The number of hydrogen-bond acceptors (Lipinski definition) is 4. The van der Waals surface area contributed by atoms with Crippen molar-refractivity contribution in [2.45, 2.75) is 12.0 Å². The molecule has 0 spiro atoms. The van der Waals surface area contributed by atoms with Crippen molar-refractivity contribution < 1.29 is 55.0 Å². The van der Waals surface area contributed by atoms with E-state index < -0.39 is 25.4 Å². The van der Waals surface area contributed by atoms with Gasteiger partial charge in [-0.1, -0.05) is 0 Å². The Bertz CT molecular complexity index is 204. The number of allylic oxidation sites excluding steroid dienone is 4. The molecule has 5 N–H and O–H groups in total. The molecule has 0 fully saturated rings. The SMILES string of the molecule is NC(CO)(CO)CO.[Ce][C]1=CC=CC1. The predicted molar refractivity (Wildman–Crippen MR) is 50.0 cm³/mol. The number of rotatable bonds is 3. The van der Waals surface area contributed by atoms with Crippen molar-refractivity contribution in [3.8, 4) is 0 Å². The van der Waals surface area contributed by atoms with E-state index in [1.165, 1.54) is 46.1 Å². The van der Waals surface area contributed by atoms with Crippen LogP contribution in [0.2, 0.25) is 0 Å². The Kier molecular flexibility index (Phi) is 8.31. The molecule has 1 rings (SSSR count). The molecule has 0 aromatic carbocycles. The molecule has 79 valence electrons. The standard InChI is InChI=1S/C5H5.C4H11NO3.Ce/c1-2-4-5-3-1;5-4(1-6,2-7)3-8;/h1-3H,4H2;6-8H,1-3,5H2;. The van der Waals surface area contributed by atoms with Gasteiger partial charge in [-0.05, 0) is 0 Å². The van der Waals surface area contributed by atoms with Gasteiger partial charge < -0.3 is 21.1 Å². The van der Waals surface area contributed by atoms with Crippen LogP contribution in [-0.4, -0.2) is 40.7 Å². The summed E-state index contributed by atoms with van der Waals surface area (Å²) in [6, 6.07) is 0. The third-order valence-corrected chi connectivity index (χ3v) is 2.88. The Morgan fingerprint density at radius 3 is 1.86 bits per heavy atom. The second kappa shape index (κ2) is 7.92. The Morgan fingerprint density at radius 2 is 1.79 bits per heavy atom. The predicted octanol–water partition coefficient (Wildman–Crippen LogP) is -0.960. The topological polar surface area (TPSA) is 86.7 Å². The first-order valence-corrected chi connectivity index (χ1v) is 5.84. The molecule has 0 aliphatic heterocycles. The van der Waals surface area contributed by atoms with E-state index >= 15 is 0 Å². The summed E-state index contributed by atoms with van der Waals surface area (Å²) in [6.07, 6.45) is 7.75. The molecule has 0 saturated heterocycles. The van der Waals surface area contributed by atoms with Crippen molar-refractivity contribution in [1.29, 1.82) is 0 Å². The van der Waals surface area contributed by atoms with Gasteiger partial charge in [0, 0.05) is 0 Å². The van der Waals surface area contributed by atoms with Gasteiger partial charge in [-0.2, -0.15) is 0 Å². The van der Waals surface area contributed by atoms with Crippen LogP contribution in [0, 0.1) is 39.6 Å². The van der Waals surface area contributed by atoms with Crippen molar-refractivity contribution in [2.75, 3.05) is 19.8 Å². The number of hydrogen-bond donors (Lipinski definition) is 4. The summed E-state index contributed by atoms with van der Waals surface area (Å²) in [7, 11) is 0. The van der Waals surface area contributed by atoms with Gasteiger partial charge in [0.05, 0.1) is 25.4 Å². The number of nitrogens with two attached hydrogens (primary N) is 1. The minimum absolute atomic E-state index is 0.403. The molecular weight excluding hydrogens is 310 g/mol. The van der Waals surface area contributed by atoms with Crippen LogP contribution in [0.5, 0.6) is 0 Å². The molecule has 0 saturated carbocycles. The van der Waals surface area contributed by atoms with Gasteiger partial charge in [0.1, 0.15) is 0 Å². The van der Waals surface area contributed by atoms with Crippen LogP contribution in [-0.2, 0) is 0 Å². The number of aliphatic hydroxyl groups is 3. The quantitative estimate of drug-likeness (QED) is 0.538. The molecule has 0 aromatic heterocycles. The maximum absolute atomic E-state index is 8.34. The van der Waals surface area contributed by atoms with Crippen LogP contribution in [0.3, 0.4) is 0 Å². The molecule has 1 aliphatic carbocycles. The Hall–Kier alpha value is 0.697. The fraction of sp³-hybridized carbons (Fsp3) is 0.556. The van der Waals surface area contributed by atoms with Crippen molar-refractivity contribution >= 4 is 0 Å². The van der Waals surface area contributed by atoms with Crippen LogP contribution in [0.1, 0.15) is 6.42 Å². The first-order valence-electron chi connectivity index (χ1n) is 4.27. The van der Waals surface area contributed by atoms with E-state index in [-0.39, 0.29) is 0 Å². The number of aliphatic hydroxyl groups excluding tert-OH is 3. The summed E-state index contributed by atoms with van der Waals surface area (Å²) in [5, 5.41) is 25.0. The van der Waals surface area contributed by atoms with Gasteiger partial charge in [-0.15, -0.1) is 0 Å². The third-order valence-electron chi connectivity index (χ3n) is 1.72. The molecule has 0 aromatic rings. The van der Waals surface area contributed by atoms with E-state index in [0.717, 1.165) is 0 Å². The Labute approximate surface area is 111 Å². The molecular formula is C9H16CeNO3. The normalized spacial score (nSPS) is 14.6. The van der Waals surface area contributed by atoms with E-state index in [2.05, 4.69) is 18.2 Å². The van der Waals surface area contributed by atoms with E-state index in [0.29, 0.717) is 0 Å². The Balaban J connectivity index is 0.000000249. The first-order chi connectivity index (χ1) is 6.58. The monoisotopic (exact) mass is 326 g/mol. The molecule has 0 heterocycles. The summed E-state index contributed by atoms with van der Waals surface area (Å²) < 4.78 is 1.61. The van der Waals surface area contributed by atoms with Gasteiger partial charge >= 0.3 is 65.4 Å². The summed E-state index contributed by atoms with van der Waals surface area (Å²) in [5.74, 6) is 0. The zero-order valence-electron chi connectivity index (χ0n) is 7.98. The average Bonchev–Trinajstić information content (AvgIpc) is 2.69. The molecule has 0 amide bonds. The summed E-state index contributed by atoms with van der Waals surface area (Å²) in [4.78, 5) is 0. The fourth-order valence-corrected chi connectivity index (χ4v) is 1.27. The fourth-order valence-electron chi connectivity index (χ4n) is 0.597. The molecule has 4 nitrogen and oxygen atoms in total. The molecule has 14 heavy (non-hydrogen) atoms. The summed E-state index contributed by atoms with van der Waals surface area (Å²) in [6.45, 7) is -1.21. The van der Waals surface area contributed by atoms with Gasteiger partial charge in [0.25, 0.3) is 0 Å². The second-order valence-corrected chi connectivity index (χ2v) is 5.18. The molecule has 0 atom stereocenters. The average molecular weight is 326 g/mol. The molecule has 0 radical (unpaired) electrons. The van der Waals surface area contributed by atoms with Crippen molar-refractivity contribution in [1.82, 2.24) is 0 Å². The van der Waals surface area contributed by atoms with Gasteiger partial charge in [-0.3, -0.25) is 0 Å². The van der Waals surface area contributed by atoms with Crippen molar-refractivity contribution in [3.63, 3.8) is 0 Å². The molecule has 1 aliphatic rings. The van der Waals surface area contributed by atoms with Gasteiger partial charge in [0.2, 0.25) is 0 Å². The second-order valence-electron chi connectivity index (χ2n) is 3.16. The molecule has 0 bridgehead atoms. The van der Waals surface area contributed by atoms with E-state index in [1.807, 2.05) is 0 Å². The van der Waals surface area contributed by atoms with Gasteiger partial charge in [0.15, 0.2) is 0 Å². The summed E-state index contributed by atoms with van der Waals surface area (Å²) in [5.41, 5.74) is 3.94. The Morgan fingerprint density at radius 1 is 1.29 bits per heavy atom. The molecule has 0 unspecified atom stereocenters. The van der Waals surface area contributed by atoms with Crippen LogP contribution >= 0.6 is 0 Å². The van der Waals surface area contributed by atoms with Crippen LogP contribution in [0.25, 0.3) is 0 Å². The van der Waals surface area contributed by atoms with E-state index in [9.17, 15) is 0 Å². The first kappa shape index (κ1) is 14.7.